The van der Waals surface area contributed by atoms with E-state index in [1.165, 1.54) is 22.9 Å². The van der Waals surface area contributed by atoms with Crippen LogP contribution in [0.5, 0.6) is 5.75 Å². The smallest absolute Gasteiger partial charge is 0.267 e. The van der Waals surface area contributed by atoms with Crippen LogP contribution in [-0.2, 0) is 11.3 Å². The first kappa shape index (κ1) is 23.8. The lowest BCUT2D eigenvalue weighted by molar-refractivity contribution is -0.122. The average Bonchev–Trinajstić information content (AvgIpc) is 3.51. The van der Waals surface area contributed by atoms with Gasteiger partial charge in [0.1, 0.15) is 11.5 Å². The third-order valence-corrected chi connectivity index (χ3v) is 6.92. The molecule has 0 saturated carbocycles. The topological polar surface area (TPSA) is 78.4 Å². The van der Waals surface area contributed by atoms with Crippen molar-refractivity contribution in [1.29, 1.82) is 0 Å². The predicted molar refractivity (Wildman–Crippen MR) is 148 cm³/mol. The van der Waals surface area contributed by atoms with E-state index in [0.29, 0.717) is 21.4 Å². The Labute approximate surface area is 220 Å². The summed E-state index contributed by atoms with van der Waals surface area (Å²) < 4.78 is 6.26. The number of furan rings is 1. The molecule has 0 unspecified atom stereocenters. The van der Waals surface area contributed by atoms with Crippen LogP contribution in [0.4, 0.5) is 0 Å². The van der Waals surface area contributed by atoms with Crippen LogP contribution in [0.1, 0.15) is 16.9 Å². The van der Waals surface area contributed by atoms with Crippen LogP contribution in [0.15, 0.2) is 115 Å². The molecule has 1 aliphatic rings. The Kier molecular flexibility index (Phi) is 7.16. The number of hydrogen-bond acceptors (Lipinski definition) is 6. The van der Waals surface area contributed by atoms with Gasteiger partial charge in [0.2, 0.25) is 0 Å². The first-order valence-corrected chi connectivity index (χ1v) is 12.7. The normalized spacial score (nSPS) is 16.0. The number of hydrogen-bond donors (Lipinski definition) is 1. The van der Waals surface area contributed by atoms with Gasteiger partial charge in [-0.25, -0.2) is 0 Å². The number of aromatic hydroxyl groups is 1. The standard InChI is InChI=1S/C28H20BrN3O3S/c29-23-12-13-25(33)22(16-23)17-30-31-28-32(18-24-7-4-14-35-24)27(34)26(36-28)15-19-8-10-21(11-9-19)20-5-2-1-3-6-20/h1-17,33H,18H2/b26-15-,30-17-,31-28+. The number of benzene rings is 3. The molecular weight excluding hydrogens is 538 g/mol. The average molecular weight is 558 g/mol. The van der Waals surface area contributed by atoms with E-state index in [2.05, 4.69) is 38.3 Å². The Morgan fingerprint density at radius 3 is 2.50 bits per heavy atom. The van der Waals surface area contributed by atoms with Gasteiger partial charge >= 0.3 is 0 Å². The van der Waals surface area contributed by atoms with Crippen molar-refractivity contribution in [3.8, 4) is 16.9 Å². The maximum atomic E-state index is 13.3. The molecule has 1 aromatic heterocycles. The third kappa shape index (κ3) is 5.50. The molecule has 1 fully saturated rings. The molecule has 0 bridgehead atoms. The van der Waals surface area contributed by atoms with Gasteiger partial charge in [0.05, 0.1) is 23.9 Å². The van der Waals surface area contributed by atoms with Crippen molar-refractivity contribution in [2.24, 2.45) is 10.2 Å². The highest BCUT2D eigenvalue weighted by Crippen LogP contribution is 2.34. The van der Waals surface area contributed by atoms with Crippen molar-refractivity contribution in [3.05, 3.63) is 117 Å². The SMILES string of the molecule is O=C1/C(=C/c2ccc(-c3ccccc3)cc2)S/C(=N/N=C\c2cc(Br)ccc2O)N1Cc1ccco1. The summed E-state index contributed by atoms with van der Waals surface area (Å²) in [6.07, 6.45) is 4.87. The van der Waals surface area contributed by atoms with Gasteiger partial charge in [-0.3, -0.25) is 9.69 Å². The highest BCUT2D eigenvalue weighted by molar-refractivity contribution is 9.10. The largest absolute Gasteiger partial charge is 0.507 e. The number of thioether (sulfide) groups is 1. The summed E-state index contributed by atoms with van der Waals surface area (Å²) in [4.78, 5) is 15.4. The van der Waals surface area contributed by atoms with Crippen LogP contribution >= 0.6 is 27.7 Å². The molecule has 6 nitrogen and oxygen atoms in total. The molecule has 0 spiro atoms. The van der Waals surface area contributed by atoms with E-state index in [1.54, 1.807) is 30.5 Å². The van der Waals surface area contributed by atoms with Crippen LogP contribution in [-0.4, -0.2) is 27.3 Å². The number of nitrogens with zero attached hydrogens (tertiary/aromatic N) is 3. The molecule has 178 valence electrons. The summed E-state index contributed by atoms with van der Waals surface area (Å²) >= 11 is 4.63. The number of amidine groups is 1. The van der Waals surface area contributed by atoms with Crippen molar-refractivity contribution in [1.82, 2.24) is 4.90 Å². The zero-order valence-corrected chi connectivity index (χ0v) is 21.3. The van der Waals surface area contributed by atoms with Crippen molar-refractivity contribution < 1.29 is 14.3 Å². The summed E-state index contributed by atoms with van der Waals surface area (Å²) in [6, 6.07) is 26.8. The second kappa shape index (κ2) is 10.8. The monoisotopic (exact) mass is 557 g/mol. The fourth-order valence-corrected chi connectivity index (χ4v) is 4.92. The van der Waals surface area contributed by atoms with Crippen molar-refractivity contribution in [3.63, 3.8) is 0 Å². The van der Waals surface area contributed by atoms with Crippen LogP contribution in [0.25, 0.3) is 17.2 Å². The highest BCUT2D eigenvalue weighted by Gasteiger charge is 2.34. The minimum atomic E-state index is -0.178. The number of carbonyl (C=O) groups is 1. The fraction of sp³-hybridized carbons (Fsp3) is 0.0357. The summed E-state index contributed by atoms with van der Waals surface area (Å²) in [7, 11) is 0. The Morgan fingerprint density at radius 2 is 1.75 bits per heavy atom. The van der Waals surface area contributed by atoms with Gasteiger partial charge in [-0.1, -0.05) is 70.5 Å². The van der Waals surface area contributed by atoms with E-state index in [9.17, 15) is 9.90 Å². The van der Waals surface area contributed by atoms with Crippen molar-refractivity contribution in [2.45, 2.75) is 6.54 Å². The molecule has 0 aliphatic carbocycles. The van der Waals surface area contributed by atoms with Gasteiger partial charge in [-0.2, -0.15) is 5.10 Å². The molecule has 1 aliphatic heterocycles. The van der Waals surface area contributed by atoms with E-state index in [-0.39, 0.29) is 18.2 Å². The predicted octanol–water partition coefficient (Wildman–Crippen LogP) is 6.92. The Balaban J connectivity index is 1.41. The number of halogens is 1. The lowest BCUT2D eigenvalue weighted by Gasteiger charge is -2.12. The molecule has 0 radical (unpaired) electrons. The minimum absolute atomic E-state index is 0.0873. The maximum Gasteiger partial charge on any atom is 0.267 e. The lowest BCUT2D eigenvalue weighted by atomic mass is 10.0. The third-order valence-electron chi connectivity index (χ3n) is 5.43. The first-order valence-electron chi connectivity index (χ1n) is 11.1. The molecular formula is C28H20BrN3O3S. The van der Waals surface area contributed by atoms with Crippen LogP contribution < -0.4 is 0 Å². The maximum absolute atomic E-state index is 13.3. The number of carbonyl (C=O) groups excluding carboxylic acids is 1. The molecule has 1 saturated heterocycles. The quantitative estimate of drug-likeness (QED) is 0.158. The van der Waals surface area contributed by atoms with Gasteiger partial charge in [0.25, 0.3) is 5.91 Å². The Hall–Kier alpha value is -3.88. The highest BCUT2D eigenvalue weighted by atomic mass is 79.9. The van der Waals surface area contributed by atoms with Gasteiger partial charge in [0, 0.05) is 10.0 Å². The zero-order chi connectivity index (χ0) is 24.9. The van der Waals surface area contributed by atoms with E-state index in [4.69, 9.17) is 4.42 Å². The summed E-state index contributed by atoms with van der Waals surface area (Å²) in [5, 5.41) is 18.9. The van der Waals surface area contributed by atoms with Crippen molar-refractivity contribution >= 4 is 51.1 Å². The lowest BCUT2D eigenvalue weighted by Crippen LogP contribution is -2.28. The molecule has 2 heterocycles. The van der Waals surface area contributed by atoms with Gasteiger partial charge in [0.15, 0.2) is 5.17 Å². The molecule has 8 heteroatoms. The van der Waals surface area contributed by atoms with Crippen molar-refractivity contribution in [2.75, 3.05) is 0 Å². The zero-order valence-electron chi connectivity index (χ0n) is 18.9. The van der Waals surface area contributed by atoms with Crippen LogP contribution in [0.3, 0.4) is 0 Å². The molecule has 1 N–H and O–H groups in total. The van der Waals surface area contributed by atoms with Gasteiger partial charge in [-0.05, 0) is 64.9 Å². The molecule has 5 rings (SSSR count). The number of amides is 1. The summed E-state index contributed by atoms with van der Waals surface area (Å²) in [5.41, 5.74) is 3.66. The van der Waals surface area contributed by atoms with Gasteiger partial charge in [-0.15, -0.1) is 5.10 Å². The summed E-state index contributed by atoms with van der Waals surface area (Å²) in [5.74, 6) is 0.547. The second-order valence-electron chi connectivity index (χ2n) is 7.90. The summed E-state index contributed by atoms with van der Waals surface area (Å²) in [6.45, 7) is 0.236. The number of rotatable bonds is 6. The van der Waals surface area contributed by atoms with Gasteiger partial charge < -0.3 is 9.52 Å². The van der Waals surface area contributed by atoms with E-state index in [0.717, 1.165) is 21.2 Å². The van der Waals surface area contributed by atoms with E-state index >= 15 is 0 Å². The van der Waals surface area contributed by atoms with Crippen LogP contribution in [0.2, 0.25) is 0 Å². The minimum Gasteiger partial charge on any atom is -0.507 e. The molecule has 0 atom stereocenters. The fourth-order valence-electron chi connectivity index (χ4n) is 3.60. The second-order valence-corrected chi connectivity index (χ2v) is 9.82. The molecule has 36 heavy (non-hydrogen) atoms. The number of phenolic OH excluding ortho intramolecular Hbond substituents is 1. The molecule has 4 aromatic rings. The van der Waals surface area contributed by atoms with Crippen LogP contribution in [0, 0.1) is 0 Å². The first-order chi connectivity index (χ1) is 17.6. The Morgan fingerprint density at radius 1 is 0.972 bits per heavy atom. The van der Waals surface area contributed by atoms with E-state index < -0.39 is 0 Å². The molecule has 1 amide bonds. The molecule has 3 aromatic carbocycles. The van der Waals surface area contributed by atoms with E-state index in [1.807, 2.05) is 54.6 Å². The Bertz CT molecular complexity index is 1460. The number of phenols is 1.